The van der Waals surface area contributed by atoms with Gasteiger partial charge in [-0.25, -0.2) is 0 Å². The summed E-state index contributed by atoms with van der Waals surface area (Å²) in [7, 11) is 0. The first-order chi connectivity index (χ1) is 10.3. The summed E-state index contributed by atoms with van der Waals surface area (Å²) in [6.07, 6.45) is 5.59. The second kappa shape index (κ2) is 6.40. The van der Waals surface area contributed by atoms with Crippen LogP contribution in [0.25, 0.3) is 0 Å². The molecule has 1 atom stereocenters. The van der Waals surface area contributed by atoms with Crippen molar-refractivity contribution in [2.24, 2.45) is 0 Å². The summed E-state index contributed by atoms with van der Waals surface area (Å²) >= 11 is 0. The van der Waals surface area contributed by atoms with Gasteiger partial charge in [-0.1, -0.05) is 36.8 Å². The van der Waals surface area contributed by atoms with E-state index >= 15 is 0 Å². The Bertz CT molecular complexity index is 619. The maximum Gasteiger partial charge on any atom is 0.0510 e. The lowest BCUT2D eigenvalue weighted by atomic mass is 9.80. The van der Waals surface area contributed by atoms with Crippen LogP contribution in [0.3, 0.4) is 0 Å². The van der Waals surface area contributed by atoms with Gasteiger partial charge >= 0.3 is 0 Å². The molecule has 1 aromatic heterocycles. The van der Waals surface area contributed by atoms with Crippen LogP contribution in [0.5, 0.6) is 0 Å². The number of pyridine rings is 1. The number of fused-ring (bicyclic) bond motifs is 1. The Kier molecular flexibility index (Phi) is 4.35. The van der Waals surface area contributed by atoms with E-state index in [2.05, 4.69) is 49.5 Å². The van der Waals surface area contributed by atoms with E-state index in [4.69, 9.17) is 4.98 Å². The Morgan fingerprint density at radius 1 is 1.29 bits per heavy atom. The fraction of sp³-hybridized carbons (Fsp3) is 0.421. The molecule has 2 aromatic rings. The van der Waals surface area contributed by atoms with Gasteiger partial charge < -0.3 is 5.32 Å². The van der Waals surface area contributed by atoms with Crippen LogP contribution in [-0.4, -0.2) is 11.5 Å². The molecule has 0 amide bonds. The van der Waals surface area contributed by atoms with Crippen LogP contribution in [0.4, 0.5) is 0 Å². The summed E-state index contributed by atoms with van der Waals surface area (Å²) in [5.41, 5.74) is 6.96. The smallest absolute Gasteiger partial charge is 0.0510 e. The highest BCUT2D eigenvalue weighted by Gasteiger charge is 2.24. The van der Waals surface area contributed by atoms with Crippen molar-refractivity contribution in [3.05, 3.63) is 64.5 Å². The molecule has 0 saturated carbocycles. The number of nitrogens with one attached hydrogen (secondary N) is 1. The Labute approximate surface area is 127 Å². The first kappa shape index (κ1) is 14.3. The summed E-state index contributed by atoms with van der Waals surface area (Å²) in [5.74, 6) is 0.462. The van der Waals surface area contributed by atoms with E-state index in [0.717, 1.165) is 13.1 Å². The molecular weight excluding hydrogens is 256 g/mol. The molecule has 1 aliphatic carbocycles. The van der Waals surface area contributed by atoms with Gasteiger partial charge in [-0.15, -0.1) is 0 Å². The third-order valence-electron chi connectivity index (χ3n) is 4.44. The van der Waals surface area contributed by atoms with Crippen LogP contribution in [0.2, 0.25) is 0 Å². The quantitative estimate of drug-likeness (QED) is 0.916. The molecule has 21 heavy (non-hydrogen) atoms. The average Bonchev–Trinajstić information content (AvgIpc) is 2.53. The van der Waals surface area contributed by atoms with Gasteiger partial charge in [0, 0.05) is 18.7 Å². The molecule has 0 aliphatic heterocycles. The predicted octanol–water partition coefficient (Wildman–Crippen LogP) is 3.97. The van der Waals surface area contributed by atoms with Crippen LogP contribution >= 0.6 is 0 Å². The number of nitrogens with zero attached hydrogens (tertiary/aromatic N) is 1. The molecule has 2 heteroatoms. The molecule has 0 spiro atoms. The van der Waals surface area contributed by atoms with Crippen molar-refractivity contribution in [3.63, 3.8) is 0 Å². The van der Waals surface area contributed by atoms with E-state index in [1.54, 1.807) is 0 Å². The second-order valence-electron chi connectivity index (χ2n) is 5.98. The van der Waals surface area contributed by atoms with Crippen molar-refractivity contribution in [2.45, 2.75) is 45.6 Å². The number of rotatable bonds is 4. The Morgan fingerprint density at radius 3 is 3.05 bits per heavy atom. The SMILES string of the molecule is CCNCc1ccc(C)cc1C1CCCc2cccnc21. The first-order valence-electron chi connectivity index (χ1n) is 8.03. The molecule has 3 rings (SSSR count). The number of hydrogen-bond acceptors (Lipinski definition) is 2. The van der Waals surface area contributed by atoms with Gasteiger partial charge in [-0.05, 0) is 55.5 Å². The lowest BCUT2D eigenvalue weighted by molar-refractivity contribution is 0.590. The molecular formula is C19H24N2. The maximum atomic E-state index is 4.71. The number of benzene rings is 1. The van der Waals surface area contributed by atoms with Gasteiger partial charge in [0.15, 0.2) is 0 Å². The zero-order valence-electron chi connectivity index (χ0n) is 13.0. The van der Waals surface area contributed by atoms with Gasteiger partial charge in [-0.2, -0.15) is 0 Å². The van der Waals surface area contributed by atoms with Crippen LogP contribution in [0, 0.1) is 6.92 Å². The molecule has 0 saturated heterocycles. The largest absolute Gasteiger partial charge is 0.313 e. The molecule has 110 valence electrons. The van der Waals surface area contributed by atoms with Gasteiger partial charge in [-0.3, -0.25) is 4.98 Å². The highest BCUT2D eigenvalue weighted by molar-refractivity contribution is 5.41. The maximum absolute atomic E-state index is 4.71. The van der Waals surface area contributed by atoms with E-state index < -0.39 is 0 Å². The van der Waals surface area contributed by atoms with E-state index in [-0.39, 0.29) is 0 Å². The molecule has 0 fully saturated rings. The number of aromatic nitrogens is 1. The third-order valence-corrected chi connectivity index (χ3v) is 4.44. The minimum atomic E-state index is 0.462. The minimum absolute atomic E-state index is 0.462. The Balaban J connectivity index is 2.02. The van der Waals surface area contributed by atoms with Gasteiger partial charge in [0.1, 0.15) is 0 Å². The Morgan fingerprint density at radius 2 is 2.19 bits per heavy atom. The van der Waals surface area contributed by atoms with Crippen molar-refractivity contribution in [3.8, 4) is 0 Å². The summed E-state index contributed by atoms with van der Waals surface area (Å²) in [6, 6.07) is 11.2. The van der Waals surface area contributed by atoms with Crippen LogP contribution in [0.1, 0.15) is 53.6 Å². The van der Waals surface area contributed by atoms with Gasteiger partial charge in [0.2, 0.25) is 0 Å². The van der Waals surface area contributed by atoms with Crippen molar-refractivity contribution < 1.29 is 0 Å². The molecule has 1 heterocycles. The predicted molar refractivity (Wildman–Crippen MR) is 87.6 cm³/mol. The van der Waals surface area contributed by atoms with Crippen molar-refractivity contribution in [2.75, 3.05) is 6.54 Å². The molecule has 1 aromatic carbocycles. The topological polar surface area (TPSA) is 24.9 Å². The monoisotopic (exact) mass is 280 g/mol. The van der Waals surface area contributed by atoms with Crippen LogP contribution in [0.15, 0.2) is 36.5 Å². The van der Waals surface area contributed by atoms with Crippen molar-refractivity contribution >= 4 is 0 Å². The average molecular weight is 280 g/mol. The normalized spacial score (nSPS) is 17.5. The Hall–Kier alpha value is -1.67. The lowest BCUT2D eigenvalue weighted by Gasteiger charge is -2.27. The summed E-state index contributed by atoms with van der Waals surface area (Å²) in [6.45, 7) is 6.30. The highest BCUT2D eigenvalue weighted by atomic mass is 14.8. The molecule has 2 nitrogen and oxygen atoms in total. The van der Waals surface area contributed by atoms with E-state index in [0.29, 0.717) is 5.92 Å². The standard InChI is InChI=1S/C19H24N2/c1-3-20-13-16-10-9-14(2)12-18(16)17-8-4-6-15-7-5-11-21-19(15)17/h5,7,9-12,17,20H,3-4,6,8,13H2,1-2H3. The molecule has 1 unspecified atom stereocenters. The highest BCUT2D eigenvalue weighted by Crippen LogP contribution is 2.37. The zero-order valence-corrected chi connectivity index (χ0v) is 13.0. The molecule has 0 bridgehead atoms. The second-order valence-corrected chi connectivity index (χ2v) is 5.98. The van der Waals surface area contributed by atoms with Crippen molar-refractivity contribution in [1.82, 2.24) is 10.3 Å². The van der Waals surface area contributed by atoms with Gasteiger partial charge in [0.05, 0.1) is 5.69 Å². The molecule has 0 radical (unpaired) electrons. The fourth-order valence-corrected chi connectivity index (χ4v) is 3.37. The van der Waals surface area contributed by atoms with E-state index in [9.17, 15) is 0 Å². The molecule has 1 N–H and O–H groups in total. The number of hydrogen-bond donors (Lipinski definition) is 1. The number of aryl methyl sites for hydroxylation is 2. The summed E-state index contributed by atoms with van der Waals surface area (Å²) < 4.78 is 0. The van der Waals surface area contributed by atoms with Gasteiger partial charge in [0.25, 0.3) is 0 Å². The van der Waals surface area contributed by atoms with Crippen LogP contribution in [-0.2, 0) is 13.0 Å². The van der Waals surface area contributed by atoms with Crippen molar-refractivity contribution in [1.29, 1.82) is 0 Å². The van der Waals surface area contributed by atoms with E-state index in [1.807, 2.05) is 6.20 Å². The zero-order chi connectivity index (χ0) is 14.7. The molecule has 1 aliphatic rings. The fourth-order valence-electron chi connectivity index (χ4n) is 3.37. The van der Waals surface area contributed by atoms with Crippen LogP contribution < -0.4 is 5.32 Å². The first-order valence-corrected chi connectivity index (χ1v) is 8.03. The minimum Gasteiger partial charge on any atom is -0.313 e. The third kappa shape index (κ3) is 3.01. The summed E-state index contributed by atoms with van der Waals surface area (Å²) in [5, 5.41) is 3.47. The summed E-state index contributed by atoms with van der Waals surface area (Å²) in [4.78, 5) is 4.71. The van der Waals surface area contributed by atoms with E-state index in [1.165, 1.54) is 47.2 Å². The lowest BCUT2D eigenvalue weighted by Crippen LogP contribution is -2.18.